The van der Waals surface area contributed by atoms with E-state index in [1.165, 1.54) is 16.8 Å². The van der Waals surface area contributed by atoms with E-state index in [2.05, 4.69) is 10.1 Å². The van der Waals surface area contributed by atoms with E-state index >= 15 is 0 Å². The van der Waals surface area contributed by atoms with Crippen LogP contribution in [0.3, 0.4) is 0 Å². The van der Waals surface area contributed by atoms with E-state index in [0.29, 0.717) is 11.1 Å². The standard InChI is InChI=1S/C6H4BN3O/c7-5-3-4-6(11)8-1-2-10(4)9-5/h1-3H,(H,8,11). The Balaban J connectivity index is 3.02. The molecule has 0 unspecified atom stereocenters. The van der Waals surface area contributed by atoms with Crippen LogP contribution < -0.4 is 11.2 Å². The Morgan fingerprint density at radius 2 is 2.45 bits per heavy atom. The molecule has 0 aliphatic heterocycles. The Kier molecular flexibility index (Phi) is 1.12. The van der Waals surface area contributed by atoms with Crippen LogP contribution in [0.15, 0.2) is 23.3 Å². The molecule has 0 fully saturated rings. The van der Waals surface area contributed by atoms with Gasteiger partial charge in [-0.1, -0.05) is 0 Å². The first-order chi connectivity index (χ1) is 5.27. The first-order valence-corrected chi connectivity index (χ1v) is 3.10. The number of fused-ring (bicyclic) bond motifs is 1. The summed E-state index contributed by atoms with van der Waals surface area (Å²) in [6, 6.07) is 1.53. The molecular weight excluding hydrogens is 141 g/mol. The van der Waals surface area contributed by atoms with E-state index in [0.717, 1.165) is 0 Å². The number of aromatic amines is 1. The maximum Gasteiger partial charge on any atom is 0.273 e. The maximum atomic E-state index is 11.0. The van der Waals surface area contributed by atoms with Gasteiger partial charge >= 0.3 is 0 Å². The lowest BCUT2D eigenvalue weighted by Crippen LogP contribution is -2.07. The summed E-state index contributed by atoms with van der Waals surface area (Å²) in [5.74, 6) is 0. The molecule has 0 spiro atoms. The Hall–Kier alpha value is -1.52. The van der Waals surface area contributed by atoms with Gasteiger partial charge < -0.3 is 4.98 Å². The van der Waals surface area contributed by atoms with Crippen molar-refractivity contribution >= 4 is 19.0 Å². The average molecular weight is 145 g/mol. The van der Waals surface area contributed by atoms with Gasteiger partial charge in [-0.25, -0.2) is 4.52 Å². The third-order valence-corrected chi connectivity index (χ3v) is 1.42. The Morgan fingerprint density at radius 3 is 3.18 bits per heavy atom. The highest BCUT2D eigenvalue weighted by Gasteiger charge is 1.98. The summed E-state index contributed by atoms with van der Waals surface area (Å²) in [7, 11) is 5.37. The van der Waals surface area contributed by atoms with Crippen LogP contribution in [-0.2, 0) is 0 Å². The van der Waals surface area contributed by atoms with Gasteiger partial charge in [-0.05, 0) is 6.07 Å². The molecule has 0 amide bonds. The average Bonchev–Trinajstić information content (AvgIpc) is 2.31. The normalized spacial score (nSPS) is 10.5. The van der Waals surface area contributed by atoms with E-state index < -0.39 is 0 Å². The van der Waals surface area contributed by atoms with Gasteiger partial charge in [0, 0.05) is 18.0 Å². The lowest BCUT2D eigenvalue weighted by molar-refractivity contribution is 0.948. The molecule has 11 heavy (non-hydrogen) atoms. The van der Waals surface area contributed by atoms with E-state index in [1.807, 2.05) is 0 Å². The van der Waals surface area contributed by atoms with Crippen LogP contribution in [0.4, 0.5) is 0 Å². The lowest BCUT2D eigenvalue weighted by atomic mass is 10.1. The molecule has 2 radical (unpaired) electrons. The number of nitrogens with zero attached hydrogens (tertiary/aromatic N) is 2. The largest absolute Gasteiger partial charge is 0.326 e. The maximum absolute atomic E-state index is 11.0. The highest BCUT2D eigenvalue weighted by molar-refractivity contribution is 6.31. The first-order valence-electron chi connectivity index (χ1n) is 3.10. The van der Waals surface area contributed by atoms with Gasteiger partial charge in [0.05, 0.1) is 0 Å². The fourth-order valence-electron chi connectivity index (χ4n) is 0.954. The van der Waals surface area contributed by atoms with Crippen LogP contribution in [0.5, 0.6) is 0 Å². The molecule has 2 rings (SSSR count). The summed E-state index contributed by atoms with van der Waals surface area (Å²) in [6.07, 6.45) is 3.15. The zero-order valence-corrected chi connectivity index (χ0v) is 5.61. The Morgan fingerprint density at radius 1 is 1.64 bits per heavy atom. The van der Waals surface area contributed by atoms with Gasteiger partial charge in [-0.3, -0.25) is 4.79 Å². The predicted octanol–water partition coefficient (Wildman–Crippen LogP) is -1.18. The minimum absolute atomic E-state index is 0.184. The molecule has 0 aromatic carbocycles. The molecule has 2 aromatic heterocycles. The number of hydrogen-bond donors (Lipinski definition) is 1. The van der Waals surface area contributed by atoms with Crippen molar-refractivity contribution in [1.29, 1.82) is 0 Å². The van der Waals surface area contributed by atoms with E-state index in [1.54, 1.807) is 6.20 Å². The summed E-state index contributed by atoms with van der Waals surface area (Å²) in [4.78, 5) is 13.5. The highest BCUT2D eigenvalue weighted by Crippen LogP contribution is 1.87. The number of H-pyrrole nitrogens is 1. The van der Waals surface area contributed by atoms with Crippen LogP contribution in [0, 0.1) is 0 Å². The molecule has 4 nitrogen and oxygen atoms in total. The molecule has 0 saturated carbocycles. The van der Waals surface area contributed by atoms with Crippen molar-refractivity contribution in [3.05, 3.63) is 28.8 Å². The molecule has 5 heteroatoms. The second-order valence-electron chi connectivity index (χ2n) is 2.19. The van der Waals surface area contributed by atoms with Crippen molar-refractivity contribution in [2.75, 3.05) is 0 Å². The zero-order valence-electron chi connectivity index (χ0n) is 5.61. The van der Waals surface area contributed by atoms with E-state index in [-0.39, 0.29) is 5.56 Å². The fourth-order valence-corrected chi connectivity index (χ4v) is 0.954. The Bertz CT molecular complexity index is 444. The molecule has 2 heterocycles. The first kappa shape index (κ1) is 6.21. The van der Waals surface area contributed by atoms with E-state index in [4.69, 9.17) is 7.85 Å². The number of hydrogen-bond acceptors (Lipinski definition) is 2. The van der Waals surface area contributed by atoms with Crippen LogP contribution in [0.2, 0.25) is 0 Å². The monoisotopic (exact) mass is 145 g/mol. The third kappa shape index (κ3) is 0.850. The van der Waals surface area contributed by atoms with Crippen molar-refractivity contribution in [2.45, 2.75) is 0 Å². The molecule has 0 aliphatic rings. The van der Waals surface area contributed by atoms with Crippen molar-refractivity contribution in [3.8, 4) is 0 Å². The summed E-state index contributed by atoms with van der Waals surface area (Å²) in [6.45, 7) is 0. The van der Waals surface area contributed by atoms with Gasteiger partial charge in [-0.2, -0.15) is 5.10 Å². The van der Waals surface area contributed by atoms with E-state index in [9.17, 15) is 4.79 Å². The summed E-state index contributed by atoms with van der Waals surface area (Å²) >= 11 is 0. The summed E-state index contributed by atoms with van der Waals surface area (Å²) in [5.41, 5.74) is 0.628. The zero-order chi connectivity index (χ0) is 7.84. The second kappa shape index (κ2) is 1.98. The number of nitrogens with one attached hydrogen (secondary N) is 1. The van der Waals surface area contributed by atoms with Gasteiger partial charge in [0.2, 0.25) is 0 Å². The molecule has 0 saturated heterocycles. The molecule has 0 bridgehead atoms. The van der Waals surface area contributed by atoms with Crippen molar-refractivity contribution < 1.29 is 0 Å². The third-order valence-electron chi connectivity index (χ3n) is 1.42. The van der Waals surface area contributed by atoms with Crippen LogP contribution in [0.25, 0.3) is 5.52 Å². The lowest BCUT2D eigenvalue weighted by Gasteiger charge is -1.87. The van der Waals surface area contributed by atoms with Gasteiger partial charge in [-0.15, -0.1) is 0 Å². The van der Waals surface area contributed by atoms with Crippen molar-refractivity contribution in [1.82, 2.24) is 14.6 Å². The molecule has 0 atom stereocenters. The molecule has 52 valence electrons. The minimum Gasteiger partial charge on any atom is -0.326 e. The minimum atomic E-state index is -0.184. The SMILES string of the molecule is [B]c1cc2c(=O)[nH]ccn2n1. The number of aromatic nitrogens is 3. The molecule has 0 aliphatic carbocycles. The summed E-state index contributed by atoms with van der Waals surface area (Å²) < 4.78 is 1.44. The predicted molar refractivity (Wildman–Crippen MR) is 41.2 cm³/mol. The Labute approximate surface area is 63.3 Å². The van der Waals surface area contributed by atoms with Crippen LogP contribution >= 0.6 is 0 Å². The molecule has 2 aromatic rings. The molecule has 1 N–H and O–H groups in total. The quantitative estimate of drug-likeness (QED) is 0.474. The van der Waals surface area contributed by atoms with Crippen LogP contribution in [0.1, 0.15) is 0 Å². The van der Waals surface area contributed by atoms with Gasteiger partial charge in [0.15, 0.2) is 0 Å². The van der Waals surface area contributed by atoms with Gasteiger partial charge in [0.25, 0.3) is 5.56 Å². The summed E-state index contributed by atoms with van der Waals surface area (Å²) in [5, 5.41) is 3.85. The van der Waals surface area contributed by atoms with Crippen LogP contribution in [-0.4, -0.2) is 22.4 Å². The van der Waals surface area contributed by atoms with Crippen molar-refractivity contribution in [2.24, 2.45) is 0 Å². The second-order valence-corrected chi connectivity index (χ2v) is 2.19. The molecular formula is C6H4BN3O. The number of rotatable bonds is 0. The highest BCUT2D eigenvalue weighted by atomic mass is 16.1. The smallest absolute Gasteiger partial charge is 0.273 e. The topological polar surface area (TPSA) is 50.2 Å². The van der Waals surface area contributed by atoms with Gasteiger partial charge in [0.1, 0.15) is 13.4 Å². The van der Waals surface area contributed by atoms with Crippen molar-refractivity contribution in [3.63, 3.8) is 0 Å². The fraction of sp³-hybridized carbons (Fsp3) is 0.